The highest BCUT2D eigenvalue weighted by Gasteiger charge is 2.17. The molecule has 0 aromatic carbocycles. The zero-order chi connectivity index (χ0) is 13.1. The monoisotopic (exact) mass is 240 g/mol. The highest BCUT2D eigenvalue weighted by atomic mass is 16.6. The average Bonchev–Trinajstić information content (AvgIpc) is 2.62. The van der Waals surface area contributed by atoms with Crippen molar-refractivity contribution in [2.75, 3.05) is 7.11 Å². The number of carbonyl (C=O) groups is 2. The molecule has 1 aromatic rings. The van der Waals surface area contributed by atoms with Crippen LogP contribution in [0.25, 0.3) is 0 Å². The molecule has 6 heteroatoms. The molecule has 1 heterocycles. The third-order valence-corrected chi connectivity index (χ3v) is 1.77. The van der Waals surface area contributed by atoms with E-state index in [0.717, 1.165) is 0 Å². The van der Waals surface area contributed by atoms with Gasteiger partial charge in [-0.3, -0.25) is 9.48 Å². The minimum atomic E-state index is -0.532. The lowest BCUT2D eigenvalue weighted by Gasteiger charge is -2.19. The quantitative estimate of drug-likeness (QED) is 0.737. The first-order valence-electron chi connectivity index (χ1n) is 5.14. The summed E-state index contributed by atoms with van der Waals surface area (Å²) >= 11 is 0. The first-order chi connectivity index (χ1) is 7.81. The van der Waals surface area contributed by atoms with Gasteiger partial charge in [0.05, 0.1) is 18.9 Å². The van der Waals surface area contributed by atoms with Crippen molar-refractivity contribution in [3.63, 3.8) is 0 Å². The Hall–Kier alpha value is -1.85. The van der Waals surface area contributed by atoms with Crippen molar-refractivity contribution in [2.24, 2.45) is 0 Å². The summed E-state index contributed by atoms with van der Waals surface area (Å²) in [4.78, 5) is 22.6. The maximum Gasteiger partial charge on any atom is 0.341 e. The molecule has 94 valence electrons. The van der Waals surface area contributed by atoms with Crippen LogP contribution in [0.4, 0.5) is 0 Å². The van der Waals surface area contributed by atoms with Crippen LogP contribution in [0.2, 0.25) is 0 Å². The smallest absolute Gasteiger partial charge is 0.341 e. The second-order valence-electron chi connectivity index (χ2n) is 4.50. The second-order valence-corrected chi connectivity index (χ2v) is 4.50. The fourth-order valence-corrected chi connectivity index (χ4v) is 1.18. The molecule has 0 atom stereocenters. The maximum absolute atomic E-state index is 11.5. The van der Waals surface area contributed by atoms with E-state index in [4.69, 9.17) is 4.74 Å². The van der Waals surface area contributed by atoms with Crippen LogP contribution in [-0.4, -0.2) is 34.4 Å². The Morgan fingerprint density at radius 3 is 2.59 bits per heavy atom. The molecule has 0 N–H and O–H groups in total. The lowest BCUT2D eigenvalue weighted by molar-refractivity contribution is -0.155. The molecule has 17 heavy (non-hydrogen) atoms. The number of hydrogen-bond acceptors (Lipinski definition) is 5. The summed E-state index contributed by atoms with van der Waals surface area (Å²) in [6.45, 7) is 5.32. The van der Waals surface area contributed by atoms with E-state index < -0.39 is 17.5 Å². The summed E-state index contributed by atoms with van der Waals surface area (Å²) in [7, 11) is 1.29. The maximum atomic E-state index is 11.5. The average molecular weight is 240 g/mol. The first-order valence-corrected chi connectivity index (χ1v) is 5.14. The molecule has 1 aromatic heterocycles. The third kappa shape index (κ3) is 4.26. The summed E-state index contributed by atoms with van der Waals surface area (Å²) in [6, 6.07) is 0. The molecule has 0 saturated carbocycles. The minimum absolute atomic E-state index is 0.0335. The van der Waals surface area contributed by atoms with E-state index in [0.29, 0.717) is 5.56 Å². The van der Waals surface area contributed by atoms with Gasteiger partial charge in [0.15, 0.2) is 0 Å². The molecule has 0 saturated heterocycles. The molecule has 6 nitrogen and oxygen atoms in total. The molecule has 0 aliphatic heterocycles. The molecule has 0 fully saturated rings. The molecule has 0 radical (unpaired) electrons. The van der Waals surface area contributed by atoms with Crippen molar-refractivity contribution < 1.29 is 19.1 Å². The Morgan fingerprint density at radius 2 is 2.06 bits per heavy atom. The van der Waals surface area contributed by atoms with E-state index in [9.17, 15) is 9.59 Å². The Labute approximate surface area is 99.5 Å². The second kappa shape index (κ2) is 4.99. The van der Waals surface area contributed by atoms with Crippen LogP contribution in [0.5, 0.6) is 0 Å². The third-order valence-electron chi connectivity index (χ3n) is 1.77. The van der Waals surface area contributed by atoms with Crippen molar-refractivity contribution in [3.05, 3.63) is 18.0 Å². The number of hydrogen-bond donors (Lipinski definition) is 0. The minimum Gasteiger partial charge on any atom is -0.465 e. The van der Waals surface area contributed by atoms with Crippen molar-refractivity contribution in [1.29, 1.82) is 0 Å². The summed E-state index contributed by atoms with van der Waals surface area (Å²) in [6.07, 6.45) is 2.78. The lowest BCUT2D eigenvalue weighted by Crippen LogP contribution is -2.26. The Morgan fingerprint density at radius 1 is 1.41 bits per heavy atom. The van der Waals surface area contributed by atoms with Crippen LogP contribution in [0, 0.1) is 0 Å². The van der Waals surface area contributed by atoms with Crippen LogP contribution < -0.4 is 0 Å². The molecule has 0 aliphatic carbocycles. The van der Waals surface area contributed by atoms with Crippen molar-refractivity contribution in [3.8, 4) is 0 Å². The van der Waals surface area contributed by atoms with E-state index in [2.05, 4.69) is 9.84 Å². The van der Waals surface area contributed by atoms with Gasteiger partial charge >= 0.3 is 11.9 Å². The molecule has 0 amide bonds. The van der Waals surface area contributed by atoms with Gasteiger partial charge in [-0.2, -0.15) is 5.10 Å². The SMILES string of the molecule is COC(=O)c1cnn(CC(=O)OC(C)(C)C)c1. The fourth-order valence-electron chi connectivity index (χ4n) is 1.18. The summed E-state index contributed by atoms with van der Waals surface area (Å²) in [5.41, 5.74) is -0.230. The summed E-state index contributed by atoms with van der Waals surface area (Å²) < 4.78 is 11.0. The molecule has 0 spiro atoms. The first kappa shape index (κ1) is 13.2. The van der Waals surface area contributed by atoms with Gasteiger partial charge in [0.25, 0.3) is 0 Å². The number of nitrogens with zero attached hydrogens (tertiary/aromatic N) is 2. The molecule has 0 aliphatic rings. The van der Waals surface area contributed by atoms with Crippen molar-refractivity contribution >= 4 is 11.9 Å². The zero-order valence-electron chi connectivity index (χ0n) is 10.4. The molecule has 1 rings (SSSR count). The van der Waals surface area contributed by atoms with Gasteiger partial charge in [0.2, 0.25) is 0 Å². The number of esters is 2. The summed E-state index contributed by atoms with van der Waals surface area (Å²) in [5, 5.41) is 3.87. The van der Waals surface area contributed by atoms with Crippen LogP contribution in [0.3, 0.4) is 0 Å². The van der Waals surface area contributed by atoms with Crippen LogP contribution in [0.1, 0.15) is 31.1 Å². The van der Waals surface area contributed by atoms with Crippen LogP contribution in [-0.2, 0) is 20.8 Å². The van der Waals surface area contributed by atoms with Gasteiger partial charge in [-0.1, -0.05) is 0 Å². The van der Waals surface area contributed by atoms with E-state index in [1.54, 1.807) is 20.8 Å². The number of aromatic nitrogens is 2. The normalized spacial score (nSPS) is 11.1. The standard InChI is InChI=1S/C11H16N2O4/c1-11(2,3)17-9(14)7-13-6-8(5-12-13)10(15)16-4/h5-6H,7H2,1-4H3. The molecule has 0 unspecified atom stereocenters. The number of rotatable bonds is 3. The number of carbonyl (C=O) groups excluding carboxylic acids is 2. The molecular weight excluding hydrogens is 224 g/mol. The highest BCUT2D eigenvalue weighted by molar-refractivity contribution is 5.88. The molecular formula is C11H16N2O4. The van der Waals surface area contributed by atoms with E-state index in [1.165, 1.54) is 24.2 Å². The lowest BCUT2D eigenvalue weighted by atomic mass is 10.2. The largest absolute Gasteiger partial charge is 0.465 e. The topological polar surface area (TPSA) is 70.4 Å². The van der Waals surface area contributed by atoms with Gasteiger partial charge in [0.1, 0.15) is 12.1 Å². The highest BCUT2D eigenvalue weighted by Crippen LogP contribution is 2.08. The van der Waals surface area contributed by atoms with Gasteiger partial charge in [-0.05, 0) is 20.8 Å². The van der Waals surface area contributed by atoms with Gasteiger partial charge in [-0.25, -0.2) is 4.79 Å². The molecule has 0 bridgehead atoms. The fraction of sp³-hybridized carbons (Fsp3) is 0.545. The Bertz CT molecular complexity index is 417. The predicted molar refractivity (Wildman–Crippen MR) is 59.4 cm³/mol. The predicted octanol–water partition coefficient (Wildman–Crippen LogP) is 1.01. The Balaban J connectivity index is 2.61. The van der Waals surface area contributed by atoms with E-state index in [-0.39, 0.29) is 6.54 Å². The zero-order valence-corrected chi connectivity index (χ0v) is 10.4. The summed E-state index contributed by atoms with van der Waals surface area (Å²) in [5.74, 6) is -0.891. The Kier molecular flexibility index (Phi) is 3.88. The van der Waals surface area contributed by atoms with Gasteiger partial charge in [-0.15, -0.1) is 0 Å². The van der Waals surface area contributed by atoms with E-state index in [1.807, 2.05) is 0 Å². The van der Waals surface area contributed by atoms with E-state index >= 15 is 0 Å². The van der Waals surface area contributed by atoms with Crippen LogP contribution >= 0.6 is 0 Å². The van der Waals surface area contributed by atoms with Crippen LogP contribution in [0.15, 0.2) is 12.4 Å². The van der Waals surface area contributed by atoms with Gasteiger partial charge < -0.3 is 9.47 Å². The van der Waals surface area contributed by atoms with Gasteiger partial charge in [0, 0.05) is 6.20 Å². The van der Waals surface area contributed by atoms with Crippen molar-refractivity contribution in [2.45, 2.75) is 32.9 Å². The number of methoxy groups -OCH3 is 1. The van der Waals surface area contributed by atoms with Crippen molar-refractivity contribution in [1.82, 2.24) is 9.78 Å². The number of ether oxygens (including phenoxy) is 2.